The van der Waals surface area contributed by atoms with Gasteiger partial charge in [-0.15, -0.1) is 0 Å². The third-order valence-corrected chi connectivity index (χ3v) is 5.30. The summed E-state index contributed by atoms with van der Waals surface area (Å²) in [5.41, 5.74) is 1.07. The lowest BCUT2D eigenvalue weighted by Gasteiger charge is -2.11. The van der Waals surface area contributed by atoms with E-state index >= 15 is 0 Å². The molecule has 0 unspecified atom stereocenters. The van der Waals surface area contributed by atoms with E-state index in [9.17, 15) is 28.8 Å². The lowest BCUT2D eigenvalue weighted by molar-refractivity contribution is -0.138. The number of hydrogen-bond acceptors (Lipinski definition) is 8. The van der Waals surface area contributed by atoms with E-state index < -0.39 is 48.7 Å². The van der Waals surface area contributed by atoms with Crippen molar-refractivity contribution in [3.63, 3.8) is 0 Å². The van der Waals surface area contributed by atoms with Crippen molar-refractivity contribution in [1.82, 2.24) is 20.4 Å². The summed E-state index contributed by atoms with van der Waals surface area (Å²) >= 11 is 0. The van der Waals surface area contributed by atoms with Gasteiger partial charge >= 0.3 is 11.9 Å². The maximum absolute atomic E-state index is 11.6. The molecule has 3 aliphatic rings. The first-order valence-corrected chi connectivity index (χ1v) is 11.0. The molecule has 2 aromatic carbocycles. The van der Waals surface area contributed by atoms with Crippen LogP contribution < -0.4 is 10.6 Å². The van der Waals surface area contributed by atoms with Crippen LogP contribution in [0.1, 0.15) is 41.4 Å². The van der Waals surface area contributed by atoms with Gasteiger partial charge in [-0.2, -0.15) is 0 Å². The van der Waals surface area contributed by atoms with Gasteiger partial charge in [0.05, 0.1) is 22.3 Å². The summed E-state index contributed by atoms with van der Waals surface area (Å²) in [5.74, 6) is -4.58. The zero-order valence-electron chi connectivity index (χ0n) is 19.1. The highest BCUT2D eigenvalue weighted by Crippen LogP contribution is 2.22. The van der Waals surface area contributed by atoms with Crippen LogP contribution in [0.25, 0.3) is 0 Å². The summed E-state index contributed by atoms with van der Waals surface area (Å²) < 4.78 is 0. The van der Waals surface area contributed by atoms with Crippen LogP contribution in [-0.4, -0.2) is 94.8 Å². The molecule has 0 spiro atoms. The van der Waals surface area contributed by atoms with E-state index in [1.54, 1.807) is 24.3 Å². The molecule has 1 saturated heterocycles. The second kappa shape index (κ2) is 11.8. The summed E-state index contributed by atoms with van der Waals surface area (Å²) in [5, 5.41) is 23.5. The molecule has 2 aromatic rings. The van der Waals surface area contributed by atoms with Gasteiger partial charge in [0, 0.05) is 26.2 Å². The lowest BCUT2D eigenvalue weighted by atomic mass is 10.1. The molecule has 0 atom stereocenters. The van der Waals surface area contributed by atoms with E-state index in [1.165, 1.54) is 24.3 Å². The molecule has 5 rings (SSSR count). The number of fused-ring (bicyclic) bond motifs is 2. The highest BCUT2D eigenvalue weighted by molar-refractivity contribution is 6.22. The van der Waals surface area contributed by atoms with Crippen molar-refractivity contribution < 1.29 is 39.0 Å². The Morgan fingerprint density at radius 3 is 1.03 bits per heavy atom. The number of carboxylic acids is 2. The van der Waals surface area contributed by atoms with Crippen LogP contribution in [-0.2, 0) is 9.59 Å². The largest absolute Gasteiger partial charge is 0.480 e. The van der Waals surface area contributed by atoms with Crippen LogP contribution in [0.2, 0.25) is 0 Å². The van der Waals surface area contributed by atoms with Crippen LogP contribution >= 0.6 is 0 Å². The van der Waals surface area contributed by atoms with Gasteiger partial charge in [0.2, 0.25) is 0 Å². The second-order valence-electron chi connectivity index (χ2n) is 7.77. The fraction of sp³-hybridized carbons (Fsp3) is 0.250. The summed E-state index contributed by atoms with van der Waals surface area (Å²) in [6, 6.07) is 12.6. The number of carboxylic acid groups (broad SMARTS) is 2. The number of amides is 4. The number of rotatable bonds is 4. The number of nitrogens with zero attached hydrogens (tertiary/aromatic N) is 2. The number of hydrogen-bond donors (Lipinski definition) is 4. The molecule has 12 heteroatoms. The third kappa shape index (κ3) is 5.98. The molecular formula is C24H24N4O8. The second-order valence-corrected chi connectivity index (χ2v) is 7.77. The van der Waals surface area contributed by atoms with Crippen molar-refractivity contribution in [2.75, 3.05) is 39.3 Å². The molecule has 0 aliphatic carbocycles. The maximum atomic E-state index is 11.6. The van der Waals surface area contributed by atoms with E-state index in [-0.39, 0.29) is 22.3 Å². The number of carbonyl (C=O) groups excluding carboxylic acids is 4. The summed E-state index contributed by atoms with van der Waals surface area (Å²) in [7, 11) is 0. The van der Waals surface area contributed by atoms with Gasteiger partial charge in [-0.25, -0.2) is 0 Å². The number of aliphatic carboxylic acids is 2. The Hall–Kier alpha value is -4.42. The van der Waals surface area contributed by atoms with E-state index in [0.717, 1.165) is 36.0 Å². The number of carbonyl (C=O) groups is 6. The molecule has 0 aromatic heterocycles. The van der Waals surface area contributed by atoms with Crippen LogP contribution in [0, 0.1) is 0 Å². The lowest BCUT2D eigenvalue weighted by Crippen LogP contribution is -2.39. The Bertz CT molecular complexity index is 1040. The van der Waals surface area contributed by atoms with E-state index in [2.05, 4.69) is 10.6 Å². The van der Waals surface area contributed by atoms with Crippen LogP contribution in [0.4, 0.5) is 0 Å². The Labute approximate surface area is 205 Å². The van der Waals surface area contributed by atoms with Gasteiger partial charge in [-0.1, -0.05) is 24.3 Å². The molecule has 36 heavy (non-hydrogen) atoms. The summed E-state index contributed by atoms with van der Waals surface area (Å²) in [6.07, 6.45) is 0. The highest BCUT2D eigenvalue weighted by Gasteiger charge is 2.37. The van der Waals surface area contributed by atoms with Gasteiger partial charge in [0.1, 0.15) is 13.1 Å². The molecule has 1 fully saturated rings. The molecule has 12 nitrogen and oxygen atoms in total. The SMILES string of the molecule is C1CNCCN1.O=C(O)CN1C(=O)c2ccccc2C1=O.O=C(O)CN1C(=O)c2ccccc2C1=O. The van der Waals surface area contributed by atoms with Crippen molar-refractivity contribution in [1.29, 1.82) is 0 Å². The molecular weight excluding hydrogens is 472 g/mol. The van der Waals surface area contributed by atoms with Crippen LogP contribution in [0.15, 0.2) is 48.5 Å². The fourth-order valence-corrected chi connectivity index (χ4v) is 3.64. The van der Waals surface area contributed by atoms with Crippen LogP contribution in [0.3, 0.4) is 0 Å². The fourth-order valence-electron chi connectivity index (χ4n) is 3.64. The Morgan fingerprint density at radius 1 is 0.583 bits per heavy atom. The van der Waals surface area contributed by atoms with Gasteiger partial charge in [-0.05, 0) is 24.3 Å². The number of nitrogens with one attached hydrogen (secondary N) is 2. The molecule has 3 heterocycles. The number of piperazine rings is 1. The van der Waals surface area contributed by atoms with Gasteiger partial charge in [-0.3, -0.25) is 38.6 Å². The van der Waals surface area contributed by atoms with Crippen molar-refractivity contribution in [3.8, 4) is 0 Å². The normalized spacial score (nSPS) is 15.9. The maximum Gasteiger partial charge on any atom is 0.323 e. The smallest absolute Gasteiger partial charge is 0.323 e. The summed E-state index contributed by atoms with van der Waals surface area (Å²) in [6.45, 7) is 3.37. The van der Waals surface area contributed by atoms with Gasteiger partial charge < -0.3 is 20.8 Å². The Balaban J connectivity index is 0.000000164. The highest BCUT2D eigenvalue weighted by atomic mass is 16.4. The van der Waals surface area contributed by atoms with Crippen molar-refractivity contribution in [2.24, 2.45) is 0 Å². The predicted molar refractivity (Wildman–Crippen MR) is 125 cm³/mol. The standard InChI is InChI=1S/2C10H7NO4.C4H10N2/c2*12-8(13)5-11-9(14)6-3-1-2-4-7(6)10(11)15;1-2-6-4-3-5-1/h2*1-4H,5H2,(H,12,13);5-6H,1-4H2. The minimum atomic E-state index is -1.20. The molecule has 0 radical (unpaired) electrons. The van der Waals surface area contributed by atoms with Gasteiger partial charge in [0.25, 0.3) is 23.6 Å². The summed E-state index contributed by atoms with van der Waals surface area (Å²) in [4.78, 5) is 68.7. The first-order valence-electron chi connectivity index (χ1n) is 11.0. The zero-order valence-corrected chi connectivity index (χ0v) is 19.1. The quantitative estimate of drug-likeness (QED) is 0.419. The average molecular weight is 496 g/mol. The van der Waals surface area contributed by atoms with Crippen molar-refractivity contribution in [3.05, 3.63) is 70.8 Å². The molecule has 3 aliphatic heterocycles. The zero-order chi connectivity index (χ0) is 26.2. The average Bonchev–Trinajstić information content (AvgIpc) is 3.26. The number of imide groups is 2. The van der Waals surface area contributed by atoms with Gasteiger partial charge in [0.15, 0.2) is 0 Å². The minimum Gasteiger partial charge on any atom is -0.480 e. The van der Waals surface area contributed by atoms with Crippen molar-refractivity contribution in [2.45, 2.75) is 0 Å². The Morgan fingerprint density at radius 2 is 0.833 bits per heavy atom. The topological polar surface area (TPSA) is 173 Å². The van der Waals surface area contributed by atoms with Crippen LogP contribution in [0.5, 0.6) is 0 Å². The molecule has 4 amide bonds. The van der Waals surface area contributed by atoms with E-state index in [4.69, 9.17) is 10.2 Å². The Kier molecular flexibility index (Phi) is 8.60. The molecule has 4 N–H and O–H groups in total. The molecule has 188 valence electrons. The monoisotopic (exact) mass is 496 g/mol. The third-order valence-electron chi connectivity index (χ3n) is 5.30. The minimum absolute atomic E-state index is 0.267. The first-order chi connectivity index (χ1) is 17.2. The molecule has 0 bridgehead atoms. The van der Waals surface area contributed by atoms with E-state index in [0.29, 0.717) is 0 Å². The predicted octanol–water partition coefficient (Wildman–Crippen LogP) is -0.0864. The molecule has 0 saturated carbocycles. The number of benzene rings is 2. The first kappa shape index (κ1) is 26.2. The van der Waals surface area contributed by atoms with E-state index in [1.807, 2.05) is 0 Å². The van der Waals surface area contributed by atoms with Crippen molar-refractivity contribution >= 4 is 35.6 Å².